The van der Waals surface area contributed by atoms with Crippen LogP contribution in [0.2, 0.25) is 0 Å². The molecular weight excluding hydrogens is 438 g/mol. The quantitative estimate of drug-likeness (QED) is 0.199. The molecule has 0 saturated heterocycles. The first-order valence-corrected chi connectivity index (χ1v) is 11.8. The Balaban J connectivity index is 1.41. The second kappa shape index (κ2) is 11.0. The molecule has 0 unspecified atom stereocenters. The van der Waals surface area contributed by atoms with E-state index in [4.69, 9.17) is 4.74 Å². The van der Waals surface area contributed by atoms with Gasteiger partial charge in [0, 0.05) is 43.8 Å². The van der Waals surface area contributed by atoms with Crippen molar-refractivity contribution in [1.82, 2.24) is 29.6 Å². The number of thioether (sulfide) groups is 1. The monoisotopic (exact) mass is 465 g/mol. The number of aromatic nitrogens is 5. The molecule has 0 fully saturated rings. The van der Waals surface area contributed by atoms with E-state index in [2.05, 4.69) is 32.6 Å². The average Bonchev–Trinajstić information content (AvgIpc) is 3.50. The molecule has 0 saturated carbocycles. The van der Waals surface area contributed by atoms with E-state index >= 15 is 0 Å². The number of anilines is 1. The maximum Gasteiger partial charge on any atom is 0.251 e. The molecule has 2 N–H and O–H groups in total. The summed E-state index contributed by atoms with van der Waals surface area (Å²) in [6.45, 7) is 4.22. The molecule has 10 heteroatoms. The summed E-state index contributed by atoms with van der Waals surface area (Å²) in [4.78, 5) is 21.9. The summed E-state index contributed by atoms with van der Waals surface area (Å²) in [5, 5.41) is 12.3. The summed E-state index contributed by atoms with van der Waals surface area (Å²) in [6.07, 6.45) is 5.69. The molecule has 0 spiro atoms. The van der Waals surface area contributed by atoms with Crippen molar-refractivity contribution in [2.45, 2.75) is 18.6 Å². The van der Waals surface area contributed by atoms with E-state index in [1.54, 1.807) is 29.8 Å². The lowest BCUT2D eigenvalue weighted by Gasteiger charge is -2.10. The van der Waals surface area contributed by atoms with Crippen LogP contribution in [0.3, 0.4) is 0 Å². The van der Waals surface area contributed by atoms with Crippen LogP contribution in [0.4, 0.5) is 5.82 Å². The third-order valence-electron chi connectivity index (χ3n) is 4.99. The molecule has 172 valence electrons. The van der Waals surface area contributed by atoms with Crippen LogP contribution in [0.15, 0.2) is 60.1 Å². The second-order valence-corrected chi connectivity index (χ2v) is 8.44. The molecule has 1 aromatic carbocycles. The molecule has 0 aliphatic heterocycles. The smallest absolute Gasteiger partial charge is 0.251 e. The van der Waals surface area contributed by atoms with Gasteiger partial charge in [-0.25, -0.2) is 14.6 Å². The molecule has 0 radical (unpaired) electrons. The first-order valence-electron chi connectivity index (χ1n) is 10.8. The van der Waals surface area contributed by atoms with Crippen molar-refractivity contribution in [3.63, 3.8) is 0 Å². The molecule has 0 aliphatic carbocycles. The van der Waals surface area contributed by atoms with Crippen LogP contribution in [0.25, 0.3) is 16.7 Å². The number of hydrogen-bond acceptors (Lipinski definition) is 7. The van der Waals surface area contributed by atoms with Crippen molar-refractivity contribution in [3.8, 4) is 5.69 Å². The summed E-state index contributed by atoms with van der Waals surface area (Å²) in [7, 11) is 1.67. The van der Waals surface area contributed by atoms with Crippen LogP contribution in [0, 0.1) is 0 Å². The molecule has 3 aromatic heterocycles. The van der Waals surface area contributed by atoms with E-state index < -0.39 is 0 Å². The molecule has 0 atom stereocenters. The van der Waals surface area contributed by atoms with Gasteiger partial charge in [0.2, 0.25) is 0 Å². The highest BCUT2D eigenvalue weighted by atomic mass is 32.2. The van der Waals surface area contributed by atoms with E-state index in [0.29, 0.717) is 37.0 Å². The Morgan fingerprint density at radius 3 is 2.64 bits per heavy atom. The van der Waals surface area contributed by atoms with Crippen molar-refractivity contribution in [3.05, 3.63) is 60.6 Å². The van der Waals surface area contributed by atoms with E-state index in [1.165, 1.54) is 0 Å². The number of hydrogen-bond donors (Lipinski definition) is 2. The minimum Gasteiger partial charge on any atom is -0.383 e. The van der Waals surface area contributed by atoms with Gasteiger partial charge in [-0.05, 0) is 42.2 Å². The Morgan fingerprint density at radius 2 is 1.91 bits per heavy atom. The van der Waals surface area contributed by atoms with E-state index in [0.717, 1.165) is 28.3 Å². The molecule has 9 nitrogen and oxygen atoms in total. The van der Waals surface area contributed by atoms with Crippen molar-refractivity contribution in [2.24, 2.45) is 0 Å². The highest BCUT2D eigenvalue weighted by Gasteiger charge is 2.13. The zero-order valence-electron chi connectivity index (χ0n) is 18.7. The van der Waals surface area contributed by atoms with Crippen LogP contribution < -0.4 is 10.6 Å². The van der Waals surface area contributed by atoms with Gasteiger partial charge in [0.1, 0.15) is 5.82 Å². The number of nitrogens with zero attached hydrogens (tertiary/aromatic N) is 5. The van der Waals surface area contributed by atoms with Gasteiger partial charge in [-0.15, -0.1) is 0 Å². The predicted octanol–water partition coefficient (Wildman–Crippen LogP) is 3.22. The maximum atomic E-state index is 12.6. The van der Waals surface area contributed by atoms with Gasteiger partial charge >= 0.3 is 0 Å². The zero-order chi connectivity index (χ0) is 23.0. The summed E-state index contributed by atoms with van der Waals surface area (Å²) in [5.41, 5.74) is 2.37. The lowest BCUT2D eigenvalue weighted by Crippen LogP contribution is -2.27. The first-order chi connectivity index (χ1) is 16.2. The number of ether oxygens (including phenoxy) is 1. The Bertz CT molecular complexity index is 1190. The highest BCUT2D eigenvalue weighted by Crippen LogP contribution is 2.24. The minimum atomic E-state index is -0.121. The fourth-order valence-electron chi connectivity index (χ4n) is 3.37. The Hall–Kier alpha value is -3.37. The zero-order valence-corrected chi connectivity index (χ0v) is 19.5. The highest BCUT2D eigenvalue weighted by molar-refractivity contribution is 7.99. The van der Waals surface area contributed by atoms with Gasteiger partial charge in [-0.1, -0.05) is 18.7 Å². The number of benzene rings is 1. The van der Waals surface area contributed by atoms with Crippen molar-refractivity contribution < 1.29 is 9.53 Å². The fraction of sp³-hybridized carbons (Fsp3) is 0.304. The fourth-order valence-corrected chi connectivity index (χ4v) is 3.93. The van der Waals surface area contributed by atoms with Crippen LogP contribution in [0.5, 0.6) is 0 Å². The van der Waals surface area contributed by atoms with Crippen molar-refractivity contribution in [1.29, 1.82) is 0 Å². The van der Waals surface area contributed by atoms with E-state index in [1.807, 2.05) is 53.4 Å². The third kappa shape index (κ3) is 5.52. The Labute approximate surface area is 196 Å². The topological polar surface area (TPSA) is 98.9 Å². The summed E-state index contributed by atoms with van der Waals surface area (Å²) in [5.74, 6) is 1.49. The number of fused-ring (bicyclic) bond motifs is 1. The van der Waals surface area contributed by atoms with Crippen molar-refractivity contribution >= 4 is 34.5 Å². The molecule has 1 amide bonds. The number of carbonyl (C=O) groups excluding carboxylic acids is 1. The van der Waals surface area contributed by atoms with Gasteiger partial charge in [-0.2, -0.15) is 5.10 Å². The van der Waals surface area contributed by atoms with Gasteiger partial charge < -0.3 is 19.9 Å². The number of rotatable bonds is 11. The number of methoxy groups -OCH3 is 1. The predicted molar refractivity (Wildman–Crippen MR) is 130 cm³/mol. The first kappa shape index (κ1) is 22.8. The molecule has 0 aliphatic rings. The van der Waals surface area contributed by atoms with E-state index in [-0.39, 0.29) is 5.91 Å². The number of amides is 1. The van der Waals surface area contributed by atoms with E-state index in [9.17, 15) is 4.79 Å². The van der Waals surface area contributed by atoms with Gasteiger partial charge in [0.15, 0.2) is 10.8 Å². The molecular formula is C23H27N7O2S. The van der Waals surface area contributed by atoms with Crippen LogP contribution >= 0.6 is 11.8 Å². The lowest BCUT2D eigenvalue weighted by molar-refractivity contribution is 0.0952. The largest absolute Gasteiger partial charge is 0.383 e. The lowest BCUT2D eigenvalue weighted by atomic mass is 10.2. The molecule has 0 bridgehead atoms. The van der Waals surface area contributed by atoms with Gasteiger partial charge in [-0.3, -0.25) is 4.79 Å². The second-order valence-electron chi connectivity index (χ2n) is 7.21. The number of nitrogens with one attached hydrogen (secondary N) is 2. The number of carbonyl (C=O) groups is 1. The maximum absolute atomic E-state index is 12.6. The molecule has 4 rings (SSSR count). The Morgan fingerprint density at radius 1 is 1.12 bits per heavy atom. The summed E-state index contributed by atoms with van der Waals surface area (Å²) >= 11 is 1.58. The normalized spacial score (nSPS) is 11.1. The van der Waals surface area contributed by atoms with Crippen LogP contribution in [-0.2, 0) is 11.3 Å². The molecule has 4 aromatic rings. The Kier molecular flexibility index (Phi) is 7.59. The SMILES string of the molecule is CCSc1nc(NCCOC)c2cnn(CCNC(=O)c3ccc(-n4cccc4)cc3)c2n1. The molecule has 33 heavy (non-hydrogen) atoms. The third-order valence-corrected chi connectivity index (χ3v) is 5.72. The summed E-state index contributed by atoms with van der Waals surface area (Å²) in [6, 6.07) is 11.4. The molecule has 3 heterocycles. The van der Waals surface area contributed by atoms with Gasteiger partial charge in [0.05, 0.1) is 24.7 Å². The standard InChI is InChI=1S/C23H27N7O2S/c1-3-33-23-27-20(24-11-15-32-2)19-16-26-30(21(19)28-23)14-10-25-22(31)17-6-8-18(9-7-17)29-12-4-5-13-29/h4-9,12-13,16H,3,10-11,14-15H2,1-2H3,(H,25,31)(H,24,27,28). The average molecular weight is 466 g/mol. The minimum absolute atomic E-state index is 0.121. The van der Waals surface area contributed by atoms with Crippen molar-refractivity contribution in [2.75, 3.05) is 37.9 Å². The summed E-state index contributed by atoms with van der Waals surface area (Å²) < 4.78 is 8.92. The van der Waals surface area contributed by atoms with Gasteiger partial charge in [0.25, 0.3) is 5.91 Å². The van der Waals surface area contributed by atoms with Crippen LogP contribution in [-0.4, -0.2) is 62.8 Å². The van der Waals surface area contributed by atoms with Crippen LogP contribution in [0.1, 0.15) is 17.3 Å².